The Morgan fingerprint density at radius 3 is 2.62 bits per heavy atom. The number of carbonyl (C=O) groups is 1. The number of nitrogens with zero attached hydrogens (tertiary/aromatic N) is 7. The number of piperidine rings is 1. The van der Waals surface area contributed by atoms with E-state index < -0.39 is 17.2 Å². The number of ether oxygens (including phenoxy) is 1. The summed E-state index contributed by atoms with van der Waals surface area (Å²) >= 11 is 0. The summed E-state index contributed by atoms with van der Waals surface area (Å²) in [6.45, 7) is 5.23. The lowest BCUT2D eigenvalue weighted by Crippen LogP contribution is -2.44. The van der Waals surface area contributed by atoms with Crippen molar-refractivity contribution in [2.75, 3.05) is 24.6 Å². The van der Waals surface area contributed by atoms with Gasteiger partial charge in [0.15, 0.2) is 11.2 Å². The molecule has 0 radical (unpaired) electrons. The first-order chi connectivity index (χ1) is 17.9. The van der Waals surface area contributed by atoms with Gasteiger partial charge in [0.1, 0.15) is 6.54 Å². The maximum absolute atomic E-state index is 13.8. The minimum absolute atomic E-state index is 0.00175. The van der Waals surface area contributed by atoms with E-state index in [0.29, 0.717) is 35.6 Å². The van der Waals surface area contributed by atoms with Gasteiger partial charge in [0.25, 0.3) is 5.56 Å². The highest BCUT2D eigenvalue weighted by molar-refractivity contribution is 5.78. The van der Waals surface area contributed by atoms with Crippen molar-refractivity contribution < 1.29 is 9.53 Å². The molecule has 1 unspecified atom stereocenters. The summed E-state index contributed by atoms with van der Waals surface area (Å²) in [5.41, 5.74) is 7.61. The van der Waals surface area contributed by atoms with Gasteiger partial charge in [-0.15, -0.1) is 0 Å². The van der Waals surface area contributed by atoms with E-state index in [1.54, 1.807) is 42.1 Å². The van der Waals surface area contributed by atoms with Crippen LogP contribution in [0.25, 0.3) is 22.2 Å². The molecule has 1 fully saturated rings. The van der Waals surface area contributed by atoms with Crippen LogP contribution in [0.5, 0.6) is 0 Å². The fraction of sp³-hybridized carbons (Fsp3) is 0.440. The molecule has 4 heterocycles. The maximum Gasteiger partial charge on any atom is 0.333 e. The standard InChI is InChI=1S/C25H30N8O4/c1-3-31-21-22(29-24(31)30-11-5-6-17(26)14-30)32(15-20(34)37-4-2)25(36)33(23(21)35)13-16-7-8-18-19(12-16)28-10-9-27-18/h7-10,12,17H,3-6,11,13-15,26H2,1-2H3. The second kappa shape index (κ2) is 10.1. The van der Waals surface area contributed by atoms with Crippen LogP contribution in [0.15, 0.2) is 40.2 Å². The molecule has 37 heavy (non-hydrogen) atoms. The van der Waals surface area contributed by atoms with E-state index in [2.05, 4.69) is 9.97 Å². The smallest absolute Gasteiger partial charge is 0.333 e. The molecular weight excluding hydrogens is 476 g/mol. The van der Waals surface area contributed by atoms with Gasteiger partial charge in [-0.05, 0) is 44.4 Å². The summed E-state index contributed by atoms with van der Waals surface area (Å²) in [6.07, 6.45) is 5.01. The molecule has 0 aliphatic carbocycles. The molecule has 0 saturated carbocycles. The molecule has 1 aliphatic heterocycles. The molecule has 0 amide bonds. The SMILES string of the molecule is CCOC(=O)Cn1c(=O)n(Cc2ccc3nccnc3c2)c(=O)c2c1nc(N1CCCC(N)C1)n2CC. The van der Waals surface area contributed by atoms with Gasteiger partial charge in [-0.25, -0.2) is 4.79 Å². The number of carbonyl (C=O) groups excluding carboxylic acids is 1. The van der Waals surface area contributed by atoms with Crippen LogP contribution in [-0.4, -0.2) is 60.4 Å². The average molecular weight is 507 g/mol. The number of esters is 1. The number of aryl methyl sites for hydroxylation is 1. The molecule has 1 saturated heterocycles. The molecule has 12 heteroatoms. The predicted molar refractivity (Wildman–Crippen MR) is 139 cm³/mol. The number of aromatic nitrogens is 6. The van der Waals surface area contributed by atoms with Crippen molar-refractivity contribution in [2.45, 2.75) is 52.4 Å². The van der Waals surface area contributed by atoms with E-state index in [0.717, 1.165) is 24.0 Å². The van der Waals surface area contributed by atoms with Crippen LogP contribution >= 0.6 is 0 Å². The number of fused-ring (bicyclic) bond motifs is 2. The number of nitrogens with two attached hydrogens (primary N) is 1. The summed E-state index contributed by atoms with van der Waals surface area (Å²) in [7, 11) is 0. The highest BCUT2D eigenvalue weighted by Crippen LogP contribution is 2.23. The summed E-state index contributed by atoms with van der Waals surface area (Å²) in [6, 6.07) is 5.40. The van der Waals surface area contributed by atoms with Crippen LogP contribution in [0.4, 0.5) is 5.95 Å². The van der Waals surface area contributed by atoms with Crippen molar-refractivity contribution in [1.82, 2.24) is 28.7 Å². The Balaban J connectivity index is 1.70. The van der Waals surface area contributed by atoms with Crippen LogP contribution in [0.1, 0.15) is 32.3 Å². The third kappa shape index (κ3) is 4.59. The van der Waals surface area contributed by atoms with E-state index in [1.807, 2.05) is 11.8 Å². The first kappa shape index (κ1) is 24.6. The summed E-state index contributed by atoms with van der Waals surface area (Å²) in [4.78, 5) is 55.3. The van der Waals surface area contributed by atoms with Gasteiger partial charge in [0, 0.05) is 38.1 Å². The molecule has 12 nitrogen and oxygen atoms in total. The third-order valence-electron chi connectivity index (χ3n) is 6.62. The first-order valence-electron chi connectivity index (χ1n) is 12.5. The van der Waals surface area contributed by atoms with Gasteiger partial charge in [-0.3, -0.25) is 28.7 Å². The first-order valence-corrected chi connectivity index (χ1v) is 12.5. The van der Waals surface area contributed by atoms with E-state index in [4.69, 9.17) is 15.5 Å². The van der Waals surface area contributed by atoms with Crippen LogP contribution in [-0.2, 0) is 29.2 Å². The van der Waals surface area contributed by atoms with E-state index in [9.17, 15) is 14.4 Å². The number of imidazole rings is 1. The van der Waals surface area contributed by atoms with Gasteiger partial charge in [0.05, 0.1) is 24.2 Å². The van der Waals surface area contributed by atoms with Crippen molar-refractivity contribution in [2.24, 2.45) is 5.73 Å². The molecule has 4 aromatic rings. The normalized spacial score (nSPS) is 16.0. The topological polar surface area (TPSA) is 143 Å². The third-order valence-corrected chi connectivity index (χ3v) is 6.62. The Kier molecular flexibility index (Phi) is 6.74. The number of anilines is 1. The predicted octanol–water partition coefficient (Wildman–Crippen LogP) is 0.862. The molecule has 0 bridgehead atoms. The number of benzene rings is 1. The van der Waals surface area contributed by atoms with Crippen molar-refractivity contribution in [3.05, 3.63) is 57.0 Å². The largest absolute Gasteiger partial charge is 0.465 e. The second-order valence-electron chi connectivity index (χ2n) is 9.12. The molecule has 3 aromatic heterocycles. The lowest BCUT2D eigenvalue weighted by molar-refractivity contribution is -0.143. The van der Waals surface area contributed by atoms with Crippen molar-refractivity contribution in [1.29, 1.82) is 0 Å². The van der Waals surface area contributed by atoms with E-state index in [1.165, 1.54) is 4.57 Å². The summed E-state index contributed by atoms with van der Waals surface area (Å²) < 4.78 is 9.29. The molecule has 1 aromatic carbocycles. The number of hydrogen-bond acceptors (Lipinski definition) is 9. The van der Waals surface area contributed by atoms with Gasteiger partial charge in [-0.2, -0.15) is 4.98 Å². The van der Waals surface area contributed by atoms with E-state index in [-0.39, 0.29) is 36.9 Å². The highest BCUT2D eigenvalue weighted by Gasteiger charge is 2.27. The second-order valence-corrected chi connectivity index (χ2v) is 9.12. The summed E-state index contributed by atoms with van der Waals surface area (Å²) in [5, 5.41) is 0. The zero-order valence-corrected chi connectivity index (χ0v) is 21.0. The molecule has 2 N–H and O–H groups in total. The van der Waals surface area contributed by atoms with Crippen molar-refractivity contribution >= 4 is 34.1 Å². The molecule has 1 aliphatic rings. The minimum Gasteiger partial charge on any atom is -0.465 e. The van der Waals surface area contributed by atoms with Gasteiger partial charge in [-0.1, -0.05) is 6.07 Å². The van der Waals surface area contributed by atoms with Gasteiger partial charge < -0.3 is 19.9 Å². The van der Waals surface area contributed by atoms with E-state index >= 15 is 0 Å². The molecule has 1 atom stereocenters. The van der Waals surface area contributed by atoms with Crippen molar-refractivity contribution in [3.8, 4) is 0 Å². The average Bonchev–Trinajstić information content (AvgIpc) is 3.29. The minimum atomic E-state index is -0.632. The quantitative estimate of drug-likeness (QED) is 0.361. The Labute approximate surface area is 212 Å². The number of hydrogen-bond donors (Lipinski definition) is 1. The van der Waals surface area contributed by atoms with Gasteiger partial charge >= 0.3 is 11.7 Å². The van der Waals surface area contributed by atoms with Crippen LogP contribution < -0.4 is 21.9 Å². The fourth-order valence-electron chi connectivity index (χ4n) is 4.92. The Hall–Kier alpha value is -4.06. The number of rotatable bonds is 7. The zero-order chi connectivity index (χ0) is 26.1. The molecule has 0 spiro atoms. The van der Waals surface area contributed by atoms with Crippen molar-refractivity contribution in [3.63, 3.8) is 0 Å². The molecule has 194 valence electrons. The highest BCUT2D eigenvalue weighted by atomic mass is 16.5. The van der Waals surface area contributed by atoms with Crippen LogP contribution in [0.3, 0.4) is 0 Å². The van der Waals surface area contributed by atoms with Gasteiger partial charge in [0.2, 0.25) is 5.95 Å². The molecular formula is C25H30N8O4. The molecule has 5 rings (SSSR count). The zero-order valence-electron chi connectivity index (χ0n) is 21.0. The Morgan fingerprint density at radius 2 is 1.89 bits per heavy atom. The van der Waals surface area contributed by atoms with Crippen LogP contribution in [0, 0.1) is 0 Å². The monoisotopic (exact) mass is 506 g/mol. The maximum atomic E-state index is 13.8. The van der Waals surface area contributed by atoms with Crippen LogP contribution in [0.2, 0.25) is 0 Å². The fourth-order valence-corrected chi connectivity index (χ4v) is 4.92. The lowest BCUT2D eigenvalue weighted by Gasteiger charge is -2.31. The summed E-state index contributed by atoms with van der Waals surface area (Å²) in [5.74, 6) is -0.00911. The Morgan fingerprint density at radius 1 is 1.11 bits per heavy atom. The lowest BCUT2D eigenvalue weighted by atomic mass is 10.1. The Bertz CT molecular complexity index is 1590.